The van der Waals surface area contributed by atoms with Crippen LogP contribution in [0.2, 0.25) is 0 Å². The van der Waals surface area contributed by atoms with Gasteiger partial charge < -0.3 is 20.6 Å². The molecule has 0 aliphatic carbocycles. The number of β-amino-alcohol motifs (C(OH)–C–C–N with tert-alkyl or cyclic N) is 1. The lowest BCUT2D eigenvalue weighted by atomic mass is 10.1. The number of amides is 1. The molecule has 0 spiro atoms. The van der Waals surface area contributed by atoms with Crippen molar-refractivity contribution in [1.29, 1.82) is 0 Å². The fourth-order valence-electron chi connectivity index (χ4n) is 4.04. The van der Waals surface area contributed by atoms with Crippen molar-refractivity contribution in [2.75, 3.05) is 54.9 Å². The summed E-state index contributed by atoms with van der Waals surface area (Å²) >= 11 is 1.29. The number of hydrogen-bond acceptors (Lipinski definition) is 9. The van der Waals surface area contributed by atoms with Crippen LogP contribution in [-0.4, -0.2) is 70.2 Å². The van der Waals surface area contributed by atoms with Crippen molar-refractivity contribution in [3.63, 3.8) is 0 Å². The van der Waals surface area contributed by atoms with Crippen molar-refractivity contribution < 1.29 is 9.90 Å². The number of rotatable bonds is 8. The highest BCUT2D eigenvalue weighted by Crippen LogP contribution is 2.27. The Labute approximate surface area is 203 Å². The number of carbonyl (C=O) groups is 1. The Kier molecular flexibility index (Phi) is 7.71. The molecule has 0 unspecified atom stereocenters. The Bertz CT molecular complexity index is 1140. The third kappa shape index (κ3) is 5.69. The van der Waals surface area contributed by atoms with Gasteiger partial charge in [-0.15, -0.1) is 0 Å². The lowest BCUT2D eigenvalue weighted by Crippen LogP contribution is -2.47. The molecule has 34 heavy (non-hydrogen) atoms. The van der Waals surface area contributed by atoms with Crippen molar-refractivity contribution in [3.05, 3.63) is 52.3 Å². The van der Waals surface area contributed by atoms with Gasteiger partial charge in [-0.05, 0) is 31.4 Å². The highest BCUT2D eigenvalue weighted by Gasteiger charge is 2.19. The van der Waals surface area contributed by atoms with Gasteiger partial charge in [-0.2, -0.15) is 0 Å². The Balaban J connectivity index is 1.44. The lowest BCUT2D eigenvalue weighted by Gasteiger charge is -2.35. The van der Waals surface area contributed by atoms with Crippen LogP contribution in [0.25, 0.3) is 0 Å². The molecule has 1 aliphatic rings. The van der Waals surface area contributed by atoms with Crippen LogP contribution < -0.4 is 15.5 Å². The first-order chi connectivity index (χ1) is 16.5. The van der Waals surface area contributed by atoms with Crippen LogP contribution >= 0.6 is 11.3 Å². The minimum Gasteiger partial charge on any atom is -0.395 e. The maximum atomic E-state index is 12.9. The summed E-state index contributed by atoms with van der Waals surface area (Å²) in [5.74, 6) is 2.00. The molecule has 1 aromatic carbocycles. The number of benzene rings is 1. The van der Waals surface area contributed by atoms with Gasteiger partial charge in [0.1, 0.15) is 22.3 Å². The molecule has 1 saturated heterocycles. The number of hydrogen-bond donors (Lipinski definition) is 3. The van der Waals surface area contributed by atoms with E-state index in [1.54, 1.807) is 6.20 Å². The molecule has 10 heteroatoms. The SMILES string of the molecule is CCc1cccc(C)c1NC(=O)c1cnc(Nc2cc(N3CCN(CCO)CC3)nc(C)n2)s1. The summed E-state index contributed by atoms with van der Waals surface area (Å²) in [5, 5.41) is 16.0. The Morgan fingerprint density at radius 1 is 1.18 bits per heavy atom. The van der Waals surface area contributed by atoms with Crippen LogP contribution in [0.3, 0.4) is 0 Å². The number of para-hydroxylation sites is 1. The largest absolute Gasteiger partial charge is 0.395 e. The number of anilines is 4. The monoisotopic (exact) mass is 481 g/mol. The van der Waals surface area contributed by atoms with E-state index in [0.29, 0.717) is 28.2 Å². The second-order valence-corrected chi connectivity index (χ2v) is 9.31. The molecule has 1 amide bonds. The highest BCUT2D eigenvalue weighted by molar-refractivity contribution is 7.17. The van der Waals surface area contributed by atoms with E-state index in [9.17, 15) is 4.79 Å². The number of aliphatic hydroxyl groups excluding tert-OH is 1. The van der Waals surface area contributed by atoms with E-state index < -0.39 is 0 Å². The van der Waals surface area contributed by atoms with E-state index in [2.05, 4.69) is 42.3 Å². The summed E-state index contributed by atoms with van der Waals surface area (Å²) in [4.78, 5) is 31.3. The zero-order valence-electron chi connectivity index (χ0n) is 19.8. The zero-order chi connectivity index (χ0) is 24.1. The Hall–Kier alpha value is -3.08. The standard InChI is InChI=1S/C24H31N7O2S/c1-4-18-7-5-6-16(2)22(18)29-23(33)19-15-25-24(34-19)28-20-14-21(27-17(3)26-20)31-10-8-30(9-11-31)12-13-32/h5-7,14-15,32H,4,8-13H2,1-3H3,(H,29,33)(H,25,26,27,28). The molecule has 180 valence electrons. The van der Waals surface area contributed by atoms with Gasteiger partial charge in [0.15, 0.2) is 5.13 Å². The van der Waals surface area contributed by atoms with Gasteiger partial charge in [0.2, 0.25) is 0 Å². The number of aliphatic hydroxyl groups is 1. The third-order valence-corrected chi connectivity index (χ3v) is 6.79. The quantitative estimate of drug-likeness (QED) is 0.450. The molecule has 3 aromatic rings. The van der Waals surface area contributed by atoms with Gasteiger partial charge >= 0.3 is 0 Å². The van der Waals surface area contributed by atoms with E-state index in [-0.39, 0.29) is 12.5 Å². The molecule has 0 bridgehead atoms. The maximum Gasteiger partial charge on any atom is 0.267 e. The summed E-state index contributed by atoms with van der Waals surface area (Å²) in [6.45, 7) is 10.3. The molecule has 3 N–H and O–H groups in total. The molecule has 9 nitrogen and oxygen atoms in total. The third-order valence-electron chi connectivity index (χ3n) is 5.88. The van der Waals surface area contributed by atoms with Gasteiger partial charge in [-0.25, -0.2) is 15.0 Å². The summed E-state index contributed by atoms with van der Waals surface area (Å²) in [6, 6.07) is 7.95. The molecule has 4 rings (SSSR count). The molecule has 0 saturated carbocycles. The van der Waals surface area contributed by atoms with Crippen LogP contribution in [-0.2, 0) is 6.42 Å². The molecule has 3 heterocycles. The number of aromatic nitrogens is 3. The van der Waals surface area contributed by atoms with Gasteiger partial charge in [0, 0.05) is 44.5 Å². The molecule has 1 fully saturated rings. The van der Waals surface area contributed by atoms with E-state index in [1.807, 2.05) is 38.1 Å². The van der Waals surface area contributed by atoms with E-state index in [1.165, 1.54) is 11.3 Å². The number of nitrogens with zero attached hydrogens (tertiary/aromatic N) is 5. The number of nitrogens with one attached hydrogen (secondary N) is 2. The first-order valence-electron chi connectivity index (χ1n) is 11.5. The average Bonchev–Trinajstić information content (AvgIpc) is 3.29. The summed E-state index contributed by atoms with van der Waals surface area (Å²) < 4.78 is 0. The number of carbonyl (C=O) groups excluding carboxylic acids is 1. The van der Waals surface area contributed by atoms with Crippen molar-refractivity contribution in [3.8, 4) is 0 Å². The minimum absolute atomic E-state index is 0.171. The predicted molar refractivity (Wildman–Crippen MR) is 136 cm³/mol. The molecule has 0 radical (unpaired) electrons. The smallest absolute Gasteiger partial charge is 0.267 e. The van der Waals surface area contributed by atoms with Gasteiger partial charge in [0.05, 0.1) is 12.8 Å². The molecule has 1 aliphatic heterocycles. The highest BCUT2D eigenvalue weighted by atomic mass is 32.1. The normalized spacial score (nSPS) is 14.3. The summed E-state index contributed by atoms with van der Waals surface area (Å²) in [6.07, 6.45) is 2.43. The van der Waals surface area contributed by atoms with Gasteiger partial charge in [0.25, 0.3) is 5.91 Å². The van der Waals surface area contributed by atoms with Crippen LogP contribution in [0.5, 0.6) is 0 Å². The topological polar surface area (TPSA) is 107 Å². The van der Waals surface area contributed by atoms with Crippen LogP contribution in [0, 0.1) is 13.8 Å². The second-order valence-electron chi connectivity index (χ2n) is 8.28. The van der Waals surface area contributed by atoms with Crippen molar-refractivity contribution >= 4 is 39.7 Å². The number of piperazine rings is 1. The van der Waals surface area contributed by atoms with Crippen LogP contribution in [0.1, 0.15) is 33.5 Å². The van der Waals surface area contributed by atoms with Gasteiger partial charge in [-0.1, -0.05) is 36.5 Å². The molecule has 2 aromatic heterocycles. The molecular formula is C24H31N7O2S. The van der Waals surface area contributed by atoms with Crippen LogP contribution in [0.15, 0.2) is 30.5 Å². The predicted octanol–water partition coefficient (Wildman–Crippen LogP) is 3.22. The maximum absolute atomic E-state index is 12.9. The molecular weight excluding hydrogens is 450 g/mol. The van der Waals surface area contributed by atoms with E-state index in [0.717, 1.165) is 55.2 Å². The number of aryl methyl sites for hydroxylation is 3. The van der Waals surface area contributed by atoms with Gasteiger partial charge in [-0.3, -0.25) is 9.69 Å². The number of thiazole rings is 1. The van der Waals surface area contributed by atoms with Crippen molar-refractivity contribution in [2.24, 2.45) is 0 Å². The fourth-order valence-corrected chi connectivity index (χ4v) is 4.76. The van der Waals surface area contributed by atoms with E-state index >= 15 is 0 Å². The Morgan fingerprint density at radius 2 is 1.97 bits per heavy atom. The van der Waals surface area contributed by atoms with Crippen molar-refractivity contribution in [1.82, 2.24) is 19.9 Å². The molecule has 0 atom stereocenters. The Morgan fingerprint density at radius 3 is 2.71 bits per heavy atom. The minimum atomic E-state index is -0.171. The fraction of sp³-hybridized carbons (Fsp3) is 0.417. The summed E-state index contributed by atoms with van der Waals surface area (Å²) in [7, 11) is 0. The van der Waals surface area contributed by atoms with Crippen molar-refractivity contribution in [2.45, 2.75) is 27.2 Å². The second kappa shape index (κ2) is 10.9. The van der Waals surface area contributed by atoms with E-state index in [4.69, 9.17) is 5.11 Å². The average molecular weight is 482 g/mol. The van der Waals surface area contributed by atoms with Crippen LogP contribution in [0.4, 0.5) is 22.5 Å². The lowest BCUT2D eigenvalue weighted by molar-refractivity contribution is 0.103. The first kappa shape index (κ1) is 24.1. The summed E-state index contributed by atoms with van der Waals surface area (Å²) in [5.41, 5.74) is 3.02. The first-order valence-corrected chi connectivity index (χ1v) is 12.3. The zero-order valence-corrected chi connectivity index (χ0v) is 20.7.